The maximum atomic E-state index is 10.8. The Morgan fingerprint density at radius 2 is 2.11 bits per heavy atom. The number of hydrogen-bond donors (Lipinski definition) is 1. The zero-order chi connectivity index (χ0) is 13.1. The third kappa shape index (κ3) is 2.46. The number of nitro groups is 1. The van der Waals surface area contributed by atoms with Crippen LogP contribution in [0.4, 0.5) is 5.69 Å². The predicted molar refractivity (Wildman–Crippen MR) is 64.3 cm³/mol. The Morgan fingerprint density at radius 1 is 1.44 bits per heavy atom. The van der Waals surface area contributed by atoms with Gasteiger partial charge >= 0.3 is 11.6 Å². The average Bonchev–Trinajstić information content (AvgIpc) is 2.71. The van der Waals surface area contributed by atoms with Crippen molar-refractivity contribution in [2.75, 3.05) is 0 Å². The molecule has 1 aromatic carbocycles. The van der Waals surface area contributed by atoms with Crippen molar-refractivity contribution in [2.24, 2.45) is 12.8 Å². The van der Waals surface area contributed by atoms with Gasteiger partial charge in [0, 0.05) is 13.6 Å². The summed E-state index contributed by atoms with van der Waals surface area (Å²) in [5.74, 6) is 0.456. The minimum absolute atomic E-state index is 0.0250. The monoisotopic (exact) mass is 248 g/mol. The molecule has 18 heavy (non-hydrogen) atoms. The van der Waals surface area contributed by atoms with Gasteiger partial charge in [0.1, 0.15) is 11.9 Å². The molecule has 0 aliphatic rings. The summed E-state index contributed by atoms with van der Waals surface area (Å²) in [6.07, 6.45) is 1.30. The van der Waals surface area contributed by atoms with Gasteiger partial charge in [-0.05, 0) is 17.7 Å². The Bertz CT molecular complexity index is 562. The van der Waals surface area contributed by atoms with Crippen molar-refractivity contribution in [2.45, 2.75) is 6.54 Å². The molecule has 0 aliphatic heterocycles. The van der Waals surface area contributed by atoms with E-state index in [1.165, 1.54) is 10.9 Å². The van der Waals surface area contributed by atoms with Gasteiger partial charge in [-0.3, -0.25) is 14.8 Å². The van der Waals surface area contributed by atoms with Crippen LogP contribution in [-0.4, -0.2) is 14.7 Å². The second-order valence-corrected chi connectivity index (χ2v) is 3.70. The first-order valence-corrected chi connectivity index (χ1v) is 5.25. The van der Waals surface area contributed by atoms with E-state index in [1.54, 1.807) is 31.3 Å². The number of aryl methyl sites for hydroxylation is 1. The van der Waals surface area contributed by atoms with Gasteiger partial charge in [-0.15, -0.1) is 5.10 Å². The molecule has 0 spiro atoms. The van der Waals surface area contributed by atoms with E-state index in [0.29, 0.717) is 12.3 Å². The van der Waals surface area contributed by atoms with Crippen LogP contribution in [0.5, 0.6) is 11.6 Å². The average molecular weight is 248 g/mol. The van der Waals surface area contributed by atoms with Gasteiger partial charge in [0.05, 0.1) is 4.92 Å². The molecular weight excluding hydrogens is 236 g/mol. The molecule has 0 bridgehead atoms. The van der Waals surface area contributed by atoms with Crippen LogP contribution in [0.2, 0.25) is 0 Å². The van der Waals surface area contributed by atoms with E-state index in [1.807, 2.05) is 0 Å². The Hall–Kier alpha value is -2.41. The molecule has 0 aliphatic carbocycles. The third-order valence-corrected chi connectivity index (χ3v) is 2.35. The number of nitrogens with two attached hydrogens (primary N) is 1. The lowest BCUT2D eigenvalue weighted by atomic mass is 10.2. The van der Waals surface area contributed by atoms with E-state index >= 15 is 0 Å². The van der Waals surface area contributed by atoms with Crippen molar-refractivity contribution in [3.05, 3.63) is 46.1 Å². The Labute approximate surface area is 103 Å². The molecule has 0 atom stereocenters. The molecule has 1 heterocycles. The molecule has 0 saturated heterocycles. The van der Waals surface area contributed by atoms with Crippen LogP contribution in [-0.2, 0) is 13.6 Å². The molecule has 94 valence electrons. The molecule has 1 aromatic heterocycles. The predicted octanol–water partition coefficient (Wildman–Crippen LogP) is 1.58. The van der Waals surface area contributed by atoms with Gasteiger partial charge in [0.15, 0.2) is 0 Å². The lowest BCUT2D eigenvalue weighted by Crippen LogP contribution is -1.96. The molecule has 2 N–H and O–H groups in total. The maximum Gasteiger partial charge on any atom is 0.350 e. The van der Waals surface area contributed by atoms with E-state index in [-0.39, 0.29) is 11.6 Å². The normalized spacial score (nSPS) is 10.3. The molecule has 2 aromatic rings. The quantitative estimate of drug-likeness (QED) is 0.654. The number of aromatic nitrogens is 2. The fourth-order valence-corrected chi connectivity index (χ4v) is 1.46. The highest BCUT2D eigenvalue weighted by atomic mass is 16.6. The van der Waals surface area contributed by atoms with Crippen LogP contribution >= 0.6 is 0 Å². The summed E-state index contributed by atoms with van der Waals surface area (Å²) in [5, 5.41) is 14.7. The second kappa shape index (κ2) is 4.84. The fraction of sp³-hybridized carbons (Fsp3) is 0.182. The second-order valence-electron chi connectivity index (χ2n) is 3.70. The number of ether oxygens (including phenoxy) is 1. The van der Waals surface area contributed by atoms with Crippen molar-refractivity contribution in [3.8, 4) is 11.6 Å². The van der Waals surface area contributed by atoms with E-state index in [4.69, 9.17) is 10.5 Å². The third-order valence-electron chi connectivity index (χ3n) is 2.35. The Morgan fingerprint density at radius 3 is 2.67 bits per heavy atom. The zero-order valence-corrected chi connectivity index (χ0v) is 9.74. The van der Waals surface area contributed by atoms with Crippen molar-refractivity contribution >= 4 is 5.69 Å². The summed E-state index contributed by atoms with van der Waals surface area (Å²) in [6.45, 7) is 0.435. The highest BCUT2D eigenvalue weighted by Crippen LogP contribution is 2.29. The largest absolute Gasteiger partial charge is 0.433 e. The lowest BCUT2D eigenvalue weighted by Gasteiger charge is -2.02. The molecule has 0 fully saturated rings. The maximum absolute atomic E-state index is 10.8. The topological polar surface area (TPSA) is 96.2 Å². The number of rotatable bonds is 4. The van der Waals surface area contributed by atoms with Gasteiger partial charge in [0.25, 0.3) is 0 Å². The van der Waals surface area contributed by atoms with E-state index in [9.17, 15) is 10.1 Å². The Kier molecular flexibility index (Phi) is 3.24. The van der Waals surface area contributed by atoms with Crippen LogP contribution < -0.4 is 10.5 Å². The highest BCUT2D eigenvalue weighted by molar-refractivity contribution is 5.41. The molecular formula is C11H12N4O3. The van der Waals surface area contributed by atoms with Crippen LogP contribution in [0, 0.1) is 10.1 Å². The SMILES string of the molecule is Cn1cc([N+](=O)[O-])c(Oc2ccc(CN)cc2)n1. The van der Waals surface area contributed by atoms with E-state index in [2.05, 4.69) is 5.10 Å². The van der Waals surface area contributed by atoms with Gasteiger partial charge in [-0.2, -0.15) is 0 Å². The standard InChI is InChI=1S/C11H12N4O3/c1-14-7-10(15(16)17)11(13-14)18-9-4-2-8(6-12)3-5-9/h2-5,7H,6,12H2,1H3. The van der Waals surface area contributed by atoms with E-state index in [0.717, 1.165) is 5.56 Å². The van der Waals surface area contributed by atoms with Gasteiger partial charge in [-0.25, -0.2) is 0 Å². The summed E-state index contributed by atoms with van der Waals surface area (Å²) in [5.41, 5.74) is 6.26. The summed E-state index contributed by atoms with van der Waals surface area (Å²) in [7, 11) is 1.59. The molecule has 2 rings (SSSR count). The van der Waals surface area contributed by atoms with Gasteiger partial charge < -0.3 is 10.5 Å². The summed E-state index contributed by atoms with van der Waals surface area (Å²) < 4.78 is 6.71. The molecule has 7 nitrogen and oxygen atoms in total. The smallest absolute Gasteiger partial charge is 0.350 e. The first-order valence-electron chi connectivity index (χ1n) is 5.25. The first kappa shape index (κ1) is 12.1. The van der Waals surface area contributed by atoms with Crippen molar-refractivity contribution in [3.63, 3.8) is 0 Å². The van der Waals surface area contributed by atoms with Crippen molar-refractivity contribution in [1.82, 2.24) is 9.78 Å². The minimum Gasteiger partial charge on any atom is -0.433 e. The zero-order valence-electron chi connectivity index (χ0n) is 9.74. The molecule has 7 heteroatoms. The summed E-state index contributed by atoms with van der Waals surface area (Å²) in [4.78, 5) is 10.3. The van der Waals surface area contributed by atoms with Crippen LogP contribution in [0.1, 0.15) is 5.56 Å². The molecule has 0 saturated carbocycles. The number of nitrogens with zero attached hydrogens (tertiary/aromatic N) is 3. The van der Waals surface area contributed by atoms with Crippen molar-refractivity contribution in [1.29, 1.82) is 0 Å². The van der Waals surface area contributed by atoms with E-state index < -0.39 is 4.92 Å². The fourth-order valence-electron chi connectivity index (χ4n) is 1.46. The molecule has 0 unspecified atom stereocenters. The van der Waals surface area contributed by atoms with Crippen molar-refractivity contribution < 1.29 is 9.66 Å². The molecule has 0 amide bonds. The van der Waals surface area contributed by atoms with Gasteiger partial charge in [0.2, 0.25) is 0 Å². The van der Waals surface area contributed by atoms with Crippen LogP contribution in [0.3, 0.4) is 0 Å². The Balaban J connectivity index is 2.25. The number of benzene rings is 1. The van der Waals surface area contributed by atoms with Crippen LogP contribution in [0.15, 0.2) is 30.5 Å². The minimum atomic E-state index is -0.531. The number of hydrogen-bond acceptors (Lipinski definition) is 5. The van der Waals surface area contributed by atoms with Gasteiger partial charge in [-0.1, -0.05) is 12.1 Å². The highest BCUT2D eigenvalue weighted by Gasteiger charge is 2.20. The summed E-state index contributed by atoms with van der Waals surface area (Å²) >= 11 is 0. The first-order chi connectivity index (χ1) is 8.60. The molecule has 0 radical (unpaired) electrons. The van der Waals surface area contributed by atoms with Crippen LogP contribution in [0.25, 0.3) is 0 Å². The summed E-state index contributed by atoms with van der Waals surface area (Å²) in [6, 6.07) is 6.98. The lowest BCUT2D eigenvalue weighted by molar-refractivity contribution is -0.385.